The summed E-state index contributed by atoms with van der Waals surface area (Å²) in [6, 6.07) is 17.1. The van der Waals surface area contributed by atoms with E-state index in [1.165, 1.54) is 0 Å². The largest absolute Gasteiger partial charge is 0.378 e. The van der Waals surface area contributed by atoms with Gasteiger partial charge >= 0.3 is 0 Å². The lowest BCUT2D eigenvalue weighted by atomic mass is 10.1. The Hall–Kier alpha value is -4.21. The molecule has 206 valence electrons. The Morgan fingerprint density at radius 2 is 1.07 bits per heavy atom. The summed E-state index contributed by atoms with van der Waals surface area (Å²) in [5.41, 5.74) is 4.96. The molecule has 0 N–H and O–H groups in total. The second-order valence-electron chi connectivity index (χ2n) is 9.63. The highest BCUT2D eigenvalue weighted by Gasteiger charge is 2.13. The lowest BCUT2D eigenvalue weighted by Gasteiger charge is -2.28. The Kier molecular flexibility index (Phi) is 9.39. The molecule has 0 amide bonds. The van der Waals surface area contributed by atoms with Crippen LogP contribution in [-0.2, 0) is 9.47 Å². The van der Waals surface area contributed by atoms with Gasteiger partial charge in [0.05, 0.1) is 26.4 Å². The van der Waals surface area contributed by atoms with E-state index in [0.29, 0.717) is 11.1 Å². The lowest BCUT2D eigenvalue weighted by Crippen LogP contribution is -2.36. The predicted octanol–water partition coefficient (Wildman–Crippen LogP) is 3.36. The number of morpholine rings is 2. The molecule has 5 rings (SSSR count). The first-order valence-corrected chi connectivity index (χ1v) is 13.5. The van der Waals surface area contributed by atoms with Crippen molar-refractivity contribution in [2.45, 2.75) is 0 Å². The molecule has 2 aromatic carbocycles. The van der Waals surface area contributed by atoms with E-state index in [0.717, 1.165) is 75.1 Å². The van der Waals surface area contributed by atoms with Gasteiger partial charge in [-0.05, 0) is 54.6 Å². The number of hydrogen-bond donors (Lipinski definition) is 0. The summed E-state index contributed by atoms with van der Waals surface area (Å²) in [6.45, 7) is 6.41. The average molecular weight is 540 g/mol. The van der Waals surface area contributed by atoms with Crippen LogP contribution in [0.3, 0.4) is 0 Å². The molecule has 0 unspecified atom stereocenters. The van der Waals surface area contributed by atoms with Gasteiger partial charge in [0.15, 0.2) is 11.6 Å². The zero-order chi connectivity index (χ0) is 27.6. The number of Topliss-reactive ketones (excluding diaryl/α,β-unsaturated/α-hetero) is 2. The zero-order valence-corrected chi connectivity index (χ0v) is 22.4. The highest BCUT2D eigenvalue weighted by Crippen LogP contribution is 2.18. The highest BCUT2D eigenvalue weighted by atomic mass is 16.5. The summed E-state index contributed by atoms with van der Waals surface area (Å²) in [5, 5.41) is 0. The lowest BCUT2D eigenvalue weighted by molar-refractivity contribution is 0.0994. The second-order valence-corrected chi connectivity index (χ2v) is 9.63. The Bertz CT molecular complexity index is 1240. The van der Waals surface area contributed by atoms with Crippen molar-refractivity contribution in [3.63, 3.8) is 0 Å². The van der Waals surface area contributed by atoms with E-state index in [9.17, 15) is 9.59 Å². The standard InChI is InChI=1S/C31H33N5O4/c37-30(26-1-5-28(6-2-26)35-9-13-39-14-10-35)22-33-20-24-17-25(19-32-18-24)21-34-23-31(38)27-3-7-29(8-4-27)36-11-15-40-16-12-36/h1-8,17-21H,9-16,22-23H2. The molecule has 3 aromatic rings. The average Bonchev–Trinajstić information content (AvgIpc) is 3.02. The third kappa shape index (κ3) is 7.46. The van der Waals surface area contributed by atoms with E-state index >= 15 is 0 Å². The van der Waals surface area contributed by atoms with Crippen LogP contribution < -0.4 is 9.80 Å². The van der Waals surface area contributed by atoms with Gasteiger partial charge in [-0.2, -0.15) is 0 Å². The minimum Gasteiger partial charge on any atom is -0.378 e. The maximum Gasteiger partial charge on any atom is 0.184 e. The molecule has 0 aliphatic carbocycles. The molecule has 0 atom stereocenters. The summed E-state index contributed by atoms with van der Waals surface area (Å²) in [6.07, 6.45) is 6.60. The third-order valence-electron chi connectivity index (χ3n) is 6.86. The van der Waals surface area contributed by atoms with Crippen LogP contribution in [-0.4, -0.2) is 94.7 Å². The van der Waals surface area contributed by atoms with Crippen molar-refractivity contribution in [2.24, 2.45) is 9.98 Å². The minimum atomic E-state index is -0.0491. The van der Waals surface area contributed by atoms with Gasteiger partial charge in [-0.1, -0.05) is 0 Å². The molecule has 0 spiro atoms. The maximum atomic E-state index is 12.6. The highest BCUT2D eigenvalue weighted by molar-refractivity contribution is 6.00. The fourth-order valence-electron chi connectivity index (χ4n) is 4.63. The second kappa shape index (κ2) is 13.7. The molecule has 1 aromatic heterocycles. The first kappa shape index (κ1) is 27.4. The molecule has 3 heterocycles. The van der Waals surface area contributed by atoms with Gasteiger partial charge in [-0.25, -0.2) is 0 Å². The van der Waals surface area contributed by atoms with Crippen LogP contribution in [0, 0.1) is 0 Å². The molecule has 40 heavy (non-hydrogen) atoms. The van der Waals surface area contributed by atoms with Crippen LogP contribution in [0.5, 0.6) is 0 Å². The van der Waals surface area contributed by atoms with Crippen molar-refractivity contribution in [3.05, 3.63) is 89.2 Å². The predicted molar refractivity (Wildman–Crippen MR) is 157 cm³/mol. The van der Waals surface area contributed by atoms with Crippen molar-refractivity contribution in [2.75, 3.05) is 75.5 Å². The van der Waals surface area contributed by atoms with Crippen LogP contribution in [0.2, 0.25) is 0 Å². The number of carbonyl (C=O) groups is 2. The Morgan fingerprint density at radius 1 is 0.675 bits per heavy atom. The maximum absolute atomic E-state index is 12.6. The van der Waals surface area contributed by atoms with Crippen molar-refractivity contribution >= 4 is 35.4 Å². The number of rotatable bonds is 10. The number of aromatic nitrogens is 1. The minimum absolute atomic E-state index is 0.0491. The summed E-state index contributed by atoms with van der Waals surface area (Å²) in [4.78, 5) is 42.5. The fraction of sp³-hybridized carbons (Fsp3) is 0.323. The van der Waals surface area contributed by atoms with Gasteiger partial charge in [-0.3, -0.25) is 24.6 Å². The third-order valence-corrected chi connectivity index (χ3v) is 6.86. The molecule has 9 heteroatoms. The van der Waals surface area contributed by atoms with Crippen LogP contribution in [0.4, 0.5) is 11.4 Å². The number of nitrogens with zero attached hydrogens (tertiary/aromatic N) is 5. The molecule has 9 nitrogen and oxygen atoms in total. The smallest absolute Gasteiger partial charge is 0.184 e. The van der Waals surface area contributed by atoms with Crippen LogP contribution in [0.25, 0.3) is 0 Å². The molecular weight excluding hydrogens is 506 g/mol. The van der Waals surface area contributed by atoms with Gasteiger partial charge in [0.25, 0.3) is 0 Å². The summed E-state index contributed by atoms with van der Waals surface area (Å²) in [5.74, 6) is -0.0983. The van der Waals surface area contributed by atoms with Gasteiger partial charge in [0.2, 0.25) is 0 Å². The number of ether oxygens (including phenoxy) is 2. The Morgan fingerprint density at radius 3 is 1.48 bits per heavy atom. The molecule has 2 aliphatic rings. The van der Waals surface area contributed by atoms with Crippen molar-refractivity contribution < 1.29 is 19.1 Å². The molecular formula is C31H33N5O4. The van der Waals surface area contributed by atoms with Crippen LogP contribution in [0.15, 0.2) is 77.0 Å². The molecule has 2 saturated heterocycles. The summed E-state index contributed by atoms with van der Waals surface area (Å²) in [7, 11) is 0. The van der Waals surface area contributed by atoms with E-state index in [2.05, 4.69) is 24.8 Å². The van der Waals surface area contributed by atoms with E-state index < -0.39 is 0 Å². The molecule has 0 bridgehead atoms. The van der Waals surface area contributed by atoms with Gasteiger partial charge in [0.1, 0.15) is 13.1 Å². The van der Waals surface area contributed by atoms with Crippen molar-refractivity contribution in [3.8, 4) is 0 Å². The Balaban J connectivity index is 1.10. The molecule has 2 aliphatic heterocycles. The van der Waals surface area contributed by atoms with E-state index in [4.69, 9.17) is 9.47 Å². The normalized spacial score (nSPS) is 16.1. The molecule has 0 saturated carbocycles. The quantitative estimate of drug-likeness (QED) is 0.288. The van der Waals surface area contributed by atoms with Crippen LogP contribution >= 0.6 is 0 Å². The number of carbonyl (C=O) groups excluding carboxylic acids is 2. The monoisotopic (exact) mass is 539 g/mol. The van der Waals surface area contributed by atoms with Gasteiger partial charge in [-0.15, -0.1) is 0 Å². The molecule has 2 fully saturated rings. The first-order valence-electron chi connectivity index (χ1n) is 13.5. The number of aliphatic imine (C=N–C) groups is 2. The number of benzene rings is 2. The van der Waals surface area contributed by atoms with E-state index in [1.807, 2.05) is 54.6 Å². The fourth-order valence-corrected chi connectivity index (χ4v) is 4.63. The van der Waals surface area contributed by atoms with E-state index in [1.54, 1.807) is 24.8 Å². The van der Waals surface area contributed by atoms with Gasteiger partial charge in [0, 0.05) is 84.6 Å². The number of anilines is 2. The summed E-state index contributed by atoms with van der Waals surface area (Å²) >= 11 is 0. The van der Waals surface area contributed by atoms with Crippen molar-refractivity contribution in [1.82, 2.24) is 4.98 Å². The Labute approximate surface area is 234 Å². The van der Waals surface area contributed by atoms with Gasteiger partial charge < -0.3 is 19.3 Å². The topological polar surface area (TPSA) is 96.7 Å². The number of hydrogen-bond acceptors (Lipinski definition) is 9. The summed E-state index contributed by atoms with van der Waals surface area (Å²) < 4.78 is 10.8. The molecule has 0 radical (unpaired) electrons. The number of pyridine rings is 1. The van der Waals surface area contributed by atoms with E-state index in [-0.39, 0.29) is 24.7 Å². The number of ketones is 2. The van der Waals surface area contributed by atoms with Crippen LogP contribution in [0.1, 0.15) is 31.8 Å². The SMILES string of the molecule is O=C(CN=Cc1cncc(C=NCC(=O)c2ccc(N3CCOCC3)cc2)c1)c1ccc(N2CCOCC2)cc1. The zero-order valence-electron chi connectivity index (χ0n) is 22.4. The van der Waals surface area contributed by atoms with Crippen molar-refractivity contribution in [1.29, 1.82) is 0 Å². The first-order chi connectivity index (χ1) is 19.7.